The predicted molar refractivity (Wildman–Crippen MR) is 69.0 cm³/mol. The van der Waals surface area contributed by atoms with Crippen molar-refractivity contribution in [3.63, 3.8) is 0 Å². The summed E-state index contributed by atoms with van der Waals surface area (Å²) >= 11 is 3.33. The molecule has 0 spiro atoms. The number of rotatable bonds is 3. The summed E-state index contributed by atoms with van der Waals surface area (Å²) in [6, 6.07) is 1.80. The second kappa shape index (κ2) is 5.69. The molecule has 5 heteroatoms. The first kappa shape index (κ1) is 12.6. The maximum Gasteiger partial charge on any atom is 0.270 e. The summed E-state index contributed by atoms with van der Waals surface area (Å²) in [7, 11) is 1.84. The first-order valence-corrected chi connectivity index (χ1v) is 6.63. The number of carbonyl (C=O) groups is 1. The van der Waals surface area contributed by atoms with E-state index in [1.807, 2.05) is 7.05 Å². The van der Waals surface area contributed by atoms with Crippen LogP contribution in [-0.4, -0.2) is 42.6 Å². The van der Waals surface area contributed by atoms with E-state index in [1.165, 1.54) is 0 Å². The number of aromatic amines is 1. The van der Waals surface area contributed by atoms with Gasteiger partial charge in [0.25, 0.3) is 5.91 Å². The van der Waals surface area contributed by atoms with Gasteiger partial charge in [-0.25, -0.2) is 0 Å². The smallest absolute Gasteiger partial charge is 0.270 e. The van der Waals surface area contributed by atoms with Gasteiger partial charge in [0.2, 0.25) is 0 Å². The number of hydrogen-bond donors (Lipinski definition) is 1. The van der Waals surface area contributed by atoms with E-state index >= 15 is 0 Å². The molecule has 2 rings (SSSR count). The van der Waals surface area contributed by atoms with Crippen molar-refractivity contribution in [2.75, 3.05) is 26.8 Å². The van der Waals surface area contributed by atoms with Crippen LogP contribution in [0.25, 0.3) is 0 Å². The normalized spacial score (nSPS) is 20.2. The monoisotopic (exact) mass is 300 g/mol. The Bertz CT molecular complexity index is 386. The highest BCUT2D eigenvalue weighted by molar-refractivity contribution is 9.10. The Morgan fingerprint density at radius 1 is 1.71 bits per heavy atom. The van der Waals surface area contributed by atoms with Crippen LogP contribution in [-0.2, 0) is 4.74 Å². The first-order valence-electron chi connectivity index (χ1n) is 5.84. The Hall–Kier alpha value is -0.810. The van der Waals surface area contributed by atoms with E-state index in [9.17, 15) is 4.79 Å². The Labute approximate surface area is 109 Å². The number of carbonyl (C=O) groups excluding carboxylic acids is 1. The Balaban J connectivity index is 1.90. The van der Waals surface area contributed by atoms with Gasteiger partial charge in [0, 0.05) is 30.9 Å². The minimum Gasteiger partial charge on any atom is -0.381 e. The van der Waals surface area contributed by atoms with Gasteiger partial charge < -0.3 is 14.6 Å². The SMILES string of the molecule is CN(CC1CCCOC1)C(=O)c1cc(Br)c[nH]1. The topological polar surface area (TPSA) is 45.3 Å². The number of aromatic nitrogens is 1. The summed E-state index contributed by atoms with van der Waals surface area (Å²) < 4.78 is 6.32. The average Bonchev–Trinajstić information content (AvgIpc) is 2.76. The average molecular weight is 301 g/mol. The molecule has 4 nitrogen and oxygen atoms in total. The molecule has 1 aromatic heterocycles. The van der Waals surface area contributed by atoms with Crippen molar-refractivity contribution in [3.8, 4) is 0 Å². The van der Waals surface area contributed by atoms with Gasteiger partial charge in [-0.1, -0.05) is 0 Å². The van der Waals surface area contributed by atoms with Gasteiger partial charge in [-0.2, -0.15) is 0 Å². The fraction of sp³-hybridized carbons (Fsp3) is 0.583. The third kappa shape index (κ3) is 3.33. The fourth-order valence-electron chi connectivity index (χ4n) is 2.12. The molecule has 2 heterocycles. The van der Waals surface area contributed by atoms with E-state index in [0.29, 0.717) is 11.6 Å². The molecule has 0 radical (unpaired) electrons. The fourth-order valence-corrected chi connectivity index (χ4v) is 2.46. The van der Waals surface area contributed by atoms with Crippen molar-refractivity contribution < 1.29 is 9.53 Å². The van der Waals surface area contributed by atoms with Crippen LogP contribution >= 0.6 is 15.9 Å². The van der Waals surface area contributed by atoms with Crippen LogP contribution in [0.15, 0.2) is 16.7 Å². The summed E-state index contributed by atoms with van der Waals surface area (Å²) in [5.41, 5.74) is 0.621. The molecular weight excluding hydrogens is 284 g/mol. The van der Waals surface area contributed by atoms with E-state index in [0.717, 1.165) is 37.1 Å². The number of hydrogen-bond acceptors (Lipinski definition) is 2. The molecule has 1 atom stereocenters. The summed E-state index contributed by atoms with van der Waals surface area (Å²) in [5.74, 6) is 0.498. The third-order valence-corrected chi connectivity index (χ3v) is 3.47. The number of amides is 1. The Morgan fingerprint density at radius 3 is 3.12 bits per heavy atom. The number of H-pyrrole nitrogens is 1. The van der Waals surface area contributed by atoms with Gasteiger partial charge in [0.15, 0.2) is 0 Å². The van der Waals surface area contributed by atoms with E-state index < -0.39 is 0 Å². The molecule has 1 aliphatic rings. The molecule has 1 saturated heterocycles. The van der Waals surface area contributed by atoms with E-state index in [1.54, 1.807) is 17.2 Å². The molecule has 1 amide bonds. The molecule has 94 valence electrons. The summed E-state index contributed by atoms with van der Waals surface area (Å²) in [5, 5.41) is 0. The molecule has 1 unspecified atom stereocenters. The number of ether oxygens (including phenoxy) is 1. The van der Waals surface area contributed by atoms with Crippen LogP contribution in [0.1, 0.15) is 23.3 Å². The number of halogens is 1. The van der Waals surface area contributed by atoms with Crippen LogP contribution in [0.4, 0.5) is 0 Å². The Morgan fingerprint density at radius 2 is 2.53 bits per heavy atom. The lowest BCUT2D eigenvalue weighted by atomic mass is 10.0. The molecule has 0 aliphatic carbocycles. The zero-order chi connectivity index (χ0) is 12.3. The molecule has 0 bridgehead atoms. The number of nitrogens with one attached hydrogen (secondary N) is 1. The van der Waals surface area contributed by atoms with Crippen LogP contribution < -0.4 is 0 Å². The minimum absolute atomic E-state index is 0.0290. The van der Waals surface area contributed by atoms with Crippen molar-refractivity contribution in [3.05, 3.63) is 22.4 Å². The van der Waals surface area contributed by atoms with Crippen molar-refractivity contribution in [1.29, 1.82) is 0 Å². The zero-order valence-electron chi connectivity index (χ0n) is 9.91. The molecule has 1 aliphatic heterocycles. The van der Waals surface area contributed by atoms with E-state index in [4.69, 9.17) is 4.74 Å². The molecule has 17 heavy (non-hydrogen) atoms. The highest BCUT2D eigenvalue weighted by Crippen LogP contribution is 2.16. The van der Waals surface area contributed by atoms with Crippen molar-refractivity contribution >= 4 is 21.8 Å². The van der Waals surface area contributed by atoms with Gasteiger partial charge in [0.1, 0.15) is 5.69 Å². The summed E-state index contributed by atoms with van der Waals surface area (Å²) in [6.45, 7) is 2.39. The second-order valence-corrected chi connectivity index (χ2v) is 5.42. The molecular formula is C12H17BrN2O2. The van der Waals surface area contributed by atoms with Crippen molar-refractivity contribution in [1.82, 2.24) is 9.88 Å². The van der Waals surface area contributed by atoms with Crippen LogP contribution in [0, 0.1) is 5.92 Å². The largest absolute Gasteiger partial charge is 0.381 e. The molecule has 1 N–H and O–H groups in total. The summed E-state index contributed by atoms with van der Waals surface area (Å²) in [6.07, 6.45) is 4.01. The quantitative estimate of drug-likeness (QED) is 0.931. The van der Waals surface area contributed by atoms with Gasteiger partial charge >= 0.3 is 0 Å². The lowest BCUT2D eigenvalue weighted by Crippen LogP contribution is -2.35. The van der Waals surface area contributed by atoms with Crippen LogP contribution in [0.5, 0.6) is 0 Å². The first-order chi connectivity index (χ1) is 8.16. The van der Waals surface area contributed by atoms with Gasteiger partial charge in [-0.3, -0.25) is 4.79 Å². The maximum absolute atomic E-state index is 12.1. The van der Waals surface area contributed by atoms with Crippen molar-refractivity contribution in [2.45, 2.75) is 12.8 Å². The van der Waals surface area contributed by atoms with Crippen LogP contribution in [0.2, 0.25) is 0 Å². The highest BCUT2D eigenvalue weighted by atomic mass is 79.9. The molecule has 1 fully saturated rings. The second-order valence-electron chi connectivity index (χ2n) is 4.50. The molecule has 1 aromatic rings. The van der Waals surface area contributed by atoms with E-state index in [2.05, 4.69) is 20.9 Å². The lowest BCUT2D eigenvalue weighted by Gasteiger charge is -2.26. The van der Waals surface area contributed by atoms with E-state index in [-0.39, 0.29) is 5.91 Å². The van der Waals surface area contributed by atoms with Gasteiger partial charge in [-0.15, -0.1) is 0 Å². The molecule has 0 saturated carbocycles. The summed E-state index contributed by atoms with van der Waals surface area (Å²) in [4.78, 5) is 16.8. The third-order valence-electron chi connectivity index (χ3n) is 3.01. The maximum atomic E-state index is 12.1. The standard InChI is InChI=1S/C12H17BrN2O2/c1-15(7-9-3-2-4-17-8-9)12(16)11-5-10(13)6-14-11/h5-6,9,14H,2-4,7-8H2,1H3. The molecule has 0 aromatic carbocycles. The lowest BCUT2D eigenvalue weighted by molar-refractivity contribution is 0.0387. The zero-order valence-corrected chi connectivity index (χ0v) is 11.5. The van der Waals surface area contributed by atoms with Crippen LogP contribution in [0.3, 0.4) is 0 Å². The number of nitrogens with zero attached hydrogens (tertiary/aromatic N) is 1. The van der Waals surface area contributed by atoms with Gasteiger partial charge in [-0.05, 0) is 40.8 Å². The highest BCUT2D eigenvalue weighted by Gasteiger charge is 2.20. The van der Waals surface area contributed by atoms with Crippen molar-refractivity contribution in [2.24, 2.45) is 5.92 Å². The predicted octanol–water partition coefficient (Wildman–Crippen LogP) is 2.28. The van der Waals surface area contributed by atoms with Gasteiger partial charge in [0.05, 0.1) is 6.61 Å². The Kier molecular flexibility index (Phi) is 4.23. The minimum atomic E-state index is 0.0290.